The fourth-order valence-corrected chi connectivity index (χ4v) is 1.75. The smallest absolute Gasteiger partial charge is 0.309 e. The van der Waals surface area contributed by atoms with Gasteiger partial charge < -0.3 is 4.74 Å². The number of terminal acetylenes is 1. The lowest BCUT2D eigenvalue weighted by Gasteiger charge is -2.11. The normalized spacial score (nSPS) is 18.7. The van der Waals surface area contributed by atoms with Crippen LogP contribution in [0.3, 0.4) is 0 Å². The lowest BCUT2D eigenvalue weighted by Crippen LogP contribution is -2.17. The van der Waals surface area contributed by atoms with Crippen molar-refractivity contribution in [3.8, 4) is 12.3 Å². The molecule has 0 aromatic heterocycles. The van der Waals surface area contributed by atoms with Crippen LogP contribution in [0.15, 0.2) is 0 Å². The van der Waals surface area contributed by atoms with E-state index in [-0.39, 0.29) is 18.5 Å². The van der Waals surface area contributed by atoms with Crippen molar-refractivity contribution in [3.05, 3.63) is 0 Å². The third-order valence-corrected chi connectivity index (χ3v) is 2.49. The van der Waals surface area contributed by atoms with Gasteiger partial charge in [0.2, 0.25) is 0 Å². The minimum absolute atomic E-state index is 0.0974. The fourth-order valence-electron chi connectivity index (χ4n) is 1.75. The van der Waals surface area contributed by atoms with Gasteiger partial charge in [0.15, 0.2) is 6.61 Å². The number of hydrogen-bond donors (Lipinski definition) is 0. The molecule has 0 aliphatic heterocycles. The van der Waals surface area contributed by atoms with E-state index in [9.17, 15) is 4.79 Å². The van der Waals surface area contributed by atoms with Gasteiger partial charge in [0.05, 0.1) is 5.92 Å². The van der Waals surface area contributed by atoms with Crippen LogP contribution in [-0.2, 0) is 9.53 Å². The Kier molecular flexibility index (Phi) is 4.39. The van der Waals surface area contributed by atoms with Crippen LogP contribution < -0.4 is 0 Å². The Morgan fingerprint density at radius 2 is 1.92 bits per heavy atom. The maximum absolute atomic E-state index is 11.4. The molecule has 1 aliphatic carbocycles. The highest BCUT2D eigenvalue weighted by Crippen LogP contribution is 2.23. The molecule has 0 unspecified atom stereocenters. The molecule has 0 spiro atoms. The second-order valence-corrected chi connectivity index (χ2v) is 3.50. The predicted octanol–water partition coefficient (Wildman–Crippen LogP) is 2.13. The van der Waals surface area contributed by atoms with Crippen molar-refractivity contribution in [2.75, 3.05) is 6.61 Å². The third-order valence-electron chi connectivity index (χ3n) is 2.49. The minimum atomic E-state index is -0.0974. The summed E-state index contributed by atoms with van der Waals surface area (Å²) in [5, 5.41) is 0. The van der Waals surface area contributed by atoms with Crippen LogP contribution in [0.4, 0.5) is 0 Å². The SMILES string of the molecule is C#CCOC(=O)C1CCCCCC1. The molecular weight excluding hydrogens is 164 g/mol. The Morgan fingerprint density at radius 3 is 2.46 bits per heavy atom. The standard InChI is InChI=1S/C11H16O2/c1-2-9-13-11(12)10-7-5-3-4-6-8-10/h1,10H,3-9H2. The van der Waals surface area contributed by atoms with Gasteiger partial charge in [-0.15, -0.1) is 6.42 Å². The number of ether oxygens (including phenoxy) is 1. The quantitative estimate of drug-likeness (QED) is 0.369. The van der Waals surface area contributed by atoms with E-state index < -0.39 is 0 Å². The summed E-state index contributed by atoms with van der Waals surface area (Å²) >= 11 is 0. The first kappa shape index (κ1) is 10.1. The molecule has 1 saturated carbocycles. The molecule has 0 atom stereocenters. The van der Waals surface area contributed by atoms with Gasteiger partial charge in [-0.1, -0.05) is 31.6 Å². The maximum Gasteiger partial charge on any atom is 0.309 e. The first-order valence-electron chi connectivity index (χ1n) is 4.94. The van der Waals surface area contributed by atoms with Gasteiger partial charge in [0.1, 0.15) is 0 Å². The van der Waals surface area contributed by atoms with Crippen LogP contribution in [0, 0.1) is 18.3 Å². The van der Waals surface area contributed by atoms with E-state index in [1.807, 2.05) is 0 Å². The van der Waals surface area contributed by atoms with Crippen LogP contribution in [0.1, 0.15) is 38.5 Å². The second kappa shape index (κ2) is 5.64. The van der Waals surface area contributed by atoms with Gasteiger partial charge in [0, 0.05) is 0 Å². The summed E-state index contributed by atoms with van der Waals surface area (Å²) in [6.45, 7) is 0.120. The van der Waals surface area contributed by atoms with Crippen molar-refractivity contribution in [1.29, 1.82) is 0 Å². The van der Waals surface area contributed by atoms with Crippen LogP contribution in [-0.4, -0.2) is 12.6 Å². The van der Waals surface area contributed by atoms with Crippen molar-refractivity contribution in [2.24, 2.45) is 5.92 Å². The molecule has 72 valence electrons. The number of esters is 1. The highest BCUT2D eigenvalue weighted by Gasteiger charge is 2.20. The van der Waals surface area contributed by atoms with Crippen molar-refractivity contribution in [1.82, 2.24) is 0 Å². The molecule has 1 rings (SSSR count). The molecule has 0 radical (unpaired) electrons. The predicted molar refractivity (Wildman–Crippen MR) is 51.0 cm³/mol. The van der Waals surface area contributed by atoms with Crippen molar-refractivity contribution in [2.45, 2.75) is 38.5 Å². The lowest BCUT2D eigenvalue weighted by molar-refractivity contribution is -0.147. The van der Waals surface area contributed by atoms with E-state index in [4.69, 9.17) is 11.2 Å². The molecule has 0 saturated heterocycles. The van der Waals surface area contributed by atoms with E-state index in [1.165, 1.54) is 12.8 Å². The van der Waals surface area contributed by atoms with E-state index >= 15 is 0 Å². The fraction of sp³-hybridized carbons (Fsp3) is 0.727. The Balaban J connectivity index is 2.31. The first-order chi connectivity index (χ1) is 6.34. The van der Waals surface area contributed by atoms with Crippen LogP contribution >= 0.6 is 0 Å². The molecule has 0 amide bonds. The number of carbonyl (C=O) groups is 1. The van der Waals surface area contributed by atoms with Crippen molar-refractivity contribution >= 4 is 5.97 Å². The van der Waals surface area contributed by atoms with Gasteiger partial charge in [0.25, 0.3) is 0 Å². The summed E-state index contributed by atoms with van der Waals surface area (Å²) < 4.78 is 4.91. The second-order valence-electron chi connectivity index (χ2n) is 3.50. The zero-order valence-corrected chi connectivity index (χ0v) is 7.92. The maximum atomic E-state index is 11.4. The molecule has 2 heteroatoms. The summed E-state index contributed by atoms with van der Waals surface area (Å²) in [7, 11) is 0. The van der Waals surface area contributed by atoms with Gasteiger partial charge >= 0.3 is 5.97 Å². The third kappa shape index (κ3) is 3.50. The minimum Gasteiger partial charge on any atom is -0.452 e. The number of hydrogen-bond acceptors (Lipinski definition) is 2. The summed E-state index contributed by atoms with van der Waals surface area (Å²) in [6.07, 6.45) is 11.8. The van der Waals surface area contributed by atoms with Crippen LogP contribution in [0.2, 0.25) is 0 Å². The van der Waals surface area contributed by atoms with Gasteiger partial charge in [-0.05, 0) is 12.8 Å². The summed E-state index contributed by atoms with van der Waals surface area (Å²) in [6, 6.07) is 0. The average Bonchev–Trinajstić information content (AvgIpc) is 2.42. The lowest BCUT2D eigenvalue weighted by atomic mass is 10.0. The molecular formula is C11H16O2. The summed E-state index contributed by atoms with van der Waals surface area (Å²) in [5.41, 5.74) is 0. The molecule has 0 bridgehead atoms. The van der Waals surface area contributed by atoms with Crippen LogP contribution in [0.5, 0.6) is 0 Å². The van der Waals surface area contributed by atoms with E-state index in [0.717, 1.165) is 25.7 Å². The highest BCUT2D eigenvalue weighted by atomic mass is 16.5. The number of rotatable bonds is 2. The van der Waals surface area contributed by atoms with E-state index in [2.05, 4.69) is 5.92 Å². The molecule has 1 aliphatic rings. The van der Waals surface area contributed by atoms with E-state index in [0.29, 0.717) is 0 Å². The Bertz CT molecular complexity index is 195. The molecule has 0 N–H and O–H groups in total. The Labute approximate surface area is 79.7 Å². The zero-order chi connectivity index (χ0) is 9.52. The molecule has 2 nitrogen and oxygen atoms in total. The largest absolute Gasteiger partial charge is 0.452 e. The summed E-state index contributed by atoms with van der Waals surface area (Å²) in [4.78, 5) is 11.4. The zero-order valence-electron chi connectivity index (χ0n) is 7.92. The molecule has 0 aromatic rings. The van der Waals surface area contributed by atoms with Crippen LogP contribution in [0.25, 0.3) is 0 Å². The molecule has 13 heavy (non-hydrogen) atoms. The van der Waals surface area contributed by atoms with Gasteiger partial charge in [-0.25, -0.2) is 0 Å². The molecule has 1 fully saturated rings. The molecule has 0 heterocycles. The number of carbonyl (C=O) groups excluding carboxylic acids is 1. The monoisotopic (exact) mass is 180 g/mol. The van der Waals surface area contributed by atoms with Gasteiger partial charge in [-0.2, -0.15) is 0 Å². The molecule has 0 aromatic carbocycles. The topological polar surface area (TPSA) is 26.3 Å². The Morgan fingerprint density at radius 1 is 1.31 bits per heavy atom. The van der Waals surface area contributed by atoms with Crippen molar-refractivity contribution in [3.63, 3.8) is 0 Å². The first-order valence-corrected chi connectivity index (χ1v) is 4.94. The Hall–Kier alpha value is -0.970. The van der Waals surface area contributed by atoms with E-state index in [1.54, 1.807) is 0 Å². The summed E-state index contributed by atoms with van der Waals surface area (Å²) in [5.74, 6) is 2.32. The van der Waals surface area contributed by atoms with Crippen molar-refractivity contribution < 1.29 is 9.53 Å². The van der Waals surface area contributed by atoms with Gasteiger partial charge in [-0.3, -0.25) is 4.79 Å². The average molecular weight is 180 g/mol. The highest BCUT2D eigenvalue weighted by molar-refractivity contribution is 5.72.